The predicted molar refractivity (Wildman–Crippen MR) is 81.6 cm³/mol. The standard InChI is InChI=1S/C15H23N3OS/c1-11(17-6-3-4-7-17)9-18-14(13-5-8-20-10-13)16-12(2)15(18)19/h5,8,10-12,14,16H,3-4,6-7,9H2,1-2H3. The minimum absolute atomic E-state index is 0.0498. The molecule has 0 saturated carbocycles. The summed E-state index contributed by atoms with van der Waals surface area (Å²) in [5.41, 5.74) is 1.21. The van der Waals surface area contributed by atoms with Crippen LogP contribution in [0.1, 0.15) is 38.4 Å². The third-order valence-corrected chi connectivity index (χ3v) is 5.16. The van der Waals surface area contributed by atoms with E-state index in [-0.39, 0.29) is 18.1 Å². The monoisotopic (exact) mass is 293 g/mol. The second-order valence-electron chi connectivity index (χ2n) is 5.93. The number of likely N-dealkylation sites (tertiary alicyclic amines) is 1. The van der Waals surface area contributed by atoms with Gasteiger partial charge in [-0.15, -0.1) is 0 Å². The molecule has 0 bridgehead atoms. The van der Waals surface area contributed by atoms with Crippen molar-refractivity contribution >= 4 is 17.2 Å². The van der Waals surface area contributed by atoms with E-state index < -0.39 is 0 Å². The first-order chi connectivity index (χ1) is 9.66. The lowest BCUT2D eigenvalue weighted by atomic mass is 10.2. The Morgan fingerprint density at radius 2 is 2.20 bits per heavy atom. The molecule has 4 nitrogen and oxygen atoms in total. The summed E-state index contributed by atoms with van der Waals surface area (Å²) in [6.07, 6.45) is 2.63. The Kier molecular flexibility index (Phi) is 4.10. The summed E-state index contributed by atoms with van der Waals surface area (Å²) in [6, 6.07) is 2.47. The topological polar surface area (TPSA) is 35.6 Å². The third kappa shape index (κ3) is 2.62. The summed E-state index contributed by atoms with van der Waals surface area (Å²) in [5, 5.41) is 7.63. The summed E-state index contributed by atoms with van der Waals surface area (Å²) < 4.78 is 0. The van der Waals surface area contributed by atoms with Crippen LogP contribution >= 0.6 is 11.3 Å². The minimum atomic E-state index is -0.0781. The van der Waals surface area contributed by atoms with Gasteiger partial charge in [-0.05, 0) is 62.2 Å². The van der Waals surface area contributed by atoms with E-state index in [2.05, 4.69) is 34.0 Å². The first kappa shape index (κ1) is 14.0. The van der Waals surface area contributed by atoms with E-state index in [1.54, 1.807) is 11.3 Å². The van der Waals surface area contributed by atoms with Crippen LogP contribution < -0.4 is 5.32 Å². The van der Waals surface area contributed by atoms with Crippen LogP contribution in [0.15, 0.2) is 16.8 Å². The van der Waals surface area contributed by atoms with Crippen molar-refractivity contribution in [3.05, 3.63) is 22.4 Å². The fraction of sp³-hybridized carbons (Fsp3) is 0.667. The highest BCUT2D eigenvalue weighted by molar-refractivity contribution is 7.07. The number of carbonyl (C=O) groups is 1. The molecule has 0 radical (unpaired) electrons. The lowest BCUT2D eigenvalue weighted by Crippen LogP contribution is -2.43. The van der Waals surface area contributed by atoms with E-state index in [9.17, 15) is 4.79 Å². The first-order valence-electron chi connectivity index (χ1n) is 7.49. The molecule has 110 valence electrons. The molecule has 20 heavy (non-hydrogen) atoms. The highest BCUT2D eigenvalue weighted by Crippen LogP contribution is 2.28. The summed E-state index contributed by atoms with van der Waals surface area (Å²) >= 11 is 1.69. The van der Waals surface area contributed by atoms with Gasteiger partial charge in [0.15, 0.2) is 0 Å². The quantitative estimate of drug-likeness (QED) is 0.923. The van der Waals surface area contributed by atoms with Gasteiger partial charge in [-0.25, -0.2) is 0 Å². The molecule has 2 saturated heterocycles. The van der Waals surface area contributed by atoms with Gasteiger partial charge in [0.2, 0.25) is 5.91 Å². The molecular formula is C15H23N3OS. The molecule has 0 aromatic carbocycles. The highest BCUT2D eigenvalue weighted by Gasteiger charge is 2.38. The average molecular weight is 293 g/mol. The van der Waals surface area contributed by atoms with Crippen molar-refractivity contribution < 1.29 is 4.79 Å². The second-order valence-corrected chi connectivity index (χ2v) is 6.71. The van der Waals surface area contributed by atoms with E-state index in [1.807, 2.05) is 11.8 Å². The van der Waals surface area contributed by atoms with E-state index in [0.717, 1.165) is 6.54 Å². The molecule has 3 heterocycles. The van der Waals surface area contributed by atoms with Crippen molar-refractivity contribution in [2.75, 3.05) is 19.6 Å². The number of thiophene rings is 1. The number of nitrogens with one attached hydrogen (secondary N) is 1. The van der Waals surface area contributed by atoms with Crippen molar-refractivity contribution in [3.63, 3.8) is 0 Å². The molecule has 3 unspecified atom stereocenters. The van der Waals surface area contributed by atoms with Crippen molar-refractivity contribution in [1.29, 1.82) is 0 Å². The highest BCUT2D eigenvalue weighted by atomic mass is 32.1. The van der Waals surface area contributed by atoms with Crippen LogP contribution in [0, 0.1) is 0 Å². The van der Waals surface area contributed by atoms with Gasteiger partial charge in [0.25, 0.3) is 0 Å². The number of hydrogen-bond donors (Lipinski definition) is 1. The molecule has 1 N–H and O–H groups in total. The van der Waals surface area contributed by atoms with Gasteiger partial charge in [0.05, 0.1) is 6.04 Å². The Labute approximate surface area is 124 Å². The van der Waals surface area contributed by atoms with Gasteiger partial charge in [-0.1, -0.05) is 0 Å². The van der Waals surface area contributed by atoms with Crippen molar-refractivity contribution in [2.45, 2.75) is 44.9 Å². The van der Waals surface area contributed by atoms with E-state index in [0.29, 0.717) is 6.04 Å². The number of nitrogens with zero attached hydrogens (tertiary/aromatic N) is 2. The zero-order chi connectivity index (χ0) is 14.1. The van der Waals surface area contributed by atoms with Crippen LogP contribution in [0.25, 0.3) is 0 Å². The molecule has 3 atom stereocenters. The minimum Gasteiger partial charge on any atom is -0.320 e. The predicted octanol–water partition coefficient (Wildman–Crippen LogP) is 2.05. The molecule has 2 aliphatic heterocycles. The van der Waals surface area contributed by atoms with Crippen LogP contribution in [0.2, 0.25) is 0 Å². The molecular weight excluding hydrogens is 270 g/mol. The first-order valence-corrected chi connectivity index (χ1v) is 8.44. The summed E-state index contributed by atoms with van der Waals surface area (Å²) in [4.78, 5) is 16.9. The van der Waals surface area contributed by atoms with E-state index in [4.69, 9.17) is 0 Å². The molecule has 0 spiro atoms. The molecule has 1 aromatic rings. The Bertz CT molecular complexity index is 456. The van der Waals surface area contributed by atoms with Gasteiger partial charge in [0, 0.05) is 12.6 Å². The summed E-state index contributed by atoms with van der Waals surface area (Å²) in [5.74, 6) is 0.229. The van der Waals surface area contributed by atoms with Crippen LogP contribution in [-0.2, 0) is 4.79 Å². The molecule has 1 aromatic heterocycles. The third-order valence-electron chi connectivity index (χ3n) is 4.46. The van der Waals surface area contributed by atoms with E-state index in [1.165, 1.54) is 31.5 Å². The van der Waals surface area contributed by atoms with Crippen LogP contribution in [0.5, 0.6) is 0 Å². The number of hydrogen-bond acceptors (Lipinski definition) is 4. The lowest BCUT2D eigenvalue weighted by Gasteiger charge is -2.31. The van der Waals surface area contributed by atoms with Crippen LogP contribution in [-0.4, -0.2) is 47.4 Å². The van der Waals surface area contributed by atoms with Crippen LogP contribution in [0.3, 0.4) is 0 Å². The maximum absolute atomic E-state index is 12.4. The number of rotatable bonds is 4. The summed E-state index contributed by atoms with van der Waals surface area (Å²) in [6.45, 7) is 7.37. The van der Waals surface area contributed by atoms with Gasteiger partial charge >= 0.3 is 0 Å². The van der Waals surface area contributed by atoms with Gasteiger partial charge in [-0.2, -0.15) is 11.3 Å². The smallest absolute Gasteiger partial charge is 0.241 e. The van der Waals surface area contributed by atoms with Crippen molar-refractivity contribution in [3.8, 4) is 0 Å². The summed E-state index contributed by atoms with van der Waals surface area (Å²) in [7, 11) is 0. The Hall–Kier alpha value is -0.910. The molecule has 2 fully saturated rings. The Morgan fingerprint density at radius 1 is 1.45 bits per heavy atom. The zero-order valence-electron chi connectivity index (χ0n) is 12.2. The maximum Gasteiger partial charge on any atom is 0.241 e. The normalized spacial score (nSPS) is 29.3. The number of carbonyl (C=O) groups excluding carboxylic acids is 1. The maximum atomic E-state index is 12.4. The van der Waals surface area contributed by atoms with Gasteiger partial charge in [-0.3, -0.25) is 15.0 Å². The fourth-order valence-corrected chi connectivity index (χ4v) is 3.94. The largest absolute Gasteiger partial charge is 0.320 e. The van der Waals surface area contributed by atoms with Gasteiger partial charge in [0.1, 0.15) is 6.17 Å². The lowest BCUT2D eigenvalue weighted by molar-refractivity contribution is -0.130. The average Bonchev–Trinajstić information content (AvgIpc) is 3.15. The Morgan fingerprint density at radius 3 is 2.85 bits per heavy atom. The fourth-order valence-electron chi connectivity index (χ4n) is 3.26. The molecule has 1 amide bonds. The number of amides is 1. The zero-order valence-corrected chi connectivity index (χ0v) is 13.0. The van der Waals surface area contributed by atoms with E-state index >= 15 is 0 Å². The van der Waals surface area contributed by atoms with Crippen LogP contribution in [0.4, 0.5) is 0 Å². The SMILES string of the molecule is CC1NC(c2ccsc2)N(CC(C)N2CCCC2)C1=O. The van der Waals surface area contributed by atoms with Crippen molar-refractivity contribution in [1.82, 2.24) is 15.1 Å². The molecule has 5 heteroatoms. The molecule has 0 aliphatic carbocycles. The Balaban J connectivity index is 1.72. The second kappa shape index (κ2) is 5.84. The van der Waals surface area contributed by atoms with Gasteiger partial charge < -0.3 is 4.90 Å². The molecule has 3 rings (SSSR count). The van der Waals surface area contributed by atoms with Crippen molar-refractivity contribution in [2.24, 2.45) is 0 Å². The molecule has 2 aliphatic rings.